The summed E-state index contributed by atoms with van der Waals surface area (Å²) in [6.45, 7) is 0.521. The summed E-state index contributed by atoms with van der Waals surface area (Å²) in [6, 6.07) is 17.3. The molecule has 1 aliphatic heterocycles. The summed E-state index contributed by atoms with van der Waals surface area (Å²) in [5.74, 6) is 0.0944. The maximum atomic E-state index is 12.7. The van der Waals surface area contributed by atoms with Crippen molar-refractivity contribution in [3.63, 3.8) is 0 Å². The number of carbonyl (C=O) groups is 2. The Morgan fingerprint density at radius 3 is 2.46 bits per heavy atom. The molecule has 0 aromatic heterocycles. The Hall–Kier alpha value is -3.13. The van der Waals surface area contributed by atoms with Crippen molar-refractivity contribution in [3.05, 3.63) is 81.3 Å². The molecule has 1 atom stereocenters. The fraction of sp³-hybridized carbons (Fsp3) is 0.200. The molecule has 1 saturated heterocycles. The van der Waals surface area contributed by atoms with E-state index in [1.165, 1.54) is 7.11 Å². The van der Waals surface area contributed by atoms with Crippen molar-refractivity contribution >= 4 is 58.0 Å². The molecule has 0 radical (unpaired) electrons. The van der Waals surface area contributed by atoms with Gasteiger partial charge in [0.25, 0.3) is 0 Å². The maximum absolute atomic E-state index is 12.7. The van der Waals surface area contributed by atoms with Gasteiger partial charge < -0.3 is 14.4 Å². The molecule has 182 valence electrons. The van der Waals surface area contributed by atoms with Gasteiger partial charge in [0.05, 0.1) is 18.7 Å². The van der Waals surface area contributed by atoms with E-state index in [0.717, 1.165) is 5.56 Å². The number of carbonyl (C=O) groups excluding carboxylic acids is 2. The van der Waals surface area contributed by atoms with Crippen molar-refractivity contribution in [3.8, 4) is 11.5 Å². The molecule has 10 heteroatoms. The average Bonchev–Trinajstić information content (AvgIpc) is 3.24. The Balaban J connectivity index is 1.34. The second-order valence-electron chi connectivity index (χ2n) is 7.89. The molecule has 1 fully saturated rings. The van der Waals surface area contributed by atoms with Gasteiger partial charge in [-0.15, -0.1) is 0 Å². The first-order valence-electron chi connectivity index (χ1n) is 10.7. The number of ether oxygens (including phenoxy) is 2. The molecule has 2 amide bonds. The largest absolute Gasteiger partial charge is 0.493 e. The lowest BCUT2D eigenvalue weighted by Gasteiger charge is -2.17. The number of nitrogens with one attached hydrogen (secondary N) is 2. The number of hydrazine groups is 1. The second-order valence-corrected chi connectivity index (χ2v) is 9.17. The van der Waals surface area contributed by atoms with Crippen LogP contribution in [0.4, 0.5) is 11.4 Å². The number of hydrogen-bond acceptors (Lipinski definition) is 5. The molecule has 0 spiro atoms. The Morgan fingerprint density at radius 1 is 1.00 bits per heavy atom. The second kappa shape index (κ2) is 11.1. The van der Waals surface area contributed by atoms with Crippen molar-refractivity contribution in [2.24, 2.45) is 5.92 Å². The van der Waals surface area contributed by atoms with Crippen LogP contribution in [0.5, 0.6) is 11.5 Å². The smallest absolute Gasteiger partial charge is 0.243 e. The summed E-state index contributed by atoms with van der Waals surface area (Å²) in [5, 5.41) is 1.64. The molecule has 3 aromatic rings. The lowest BCUT2D eigenvalue weighted by molar-refractivity contribution is -0.125. The van der Waals surface area contributed by atoms with Crippen LogP contribution in [-0.2, 0) is 16.2 Å². The highest BCUT2D eigenvalue weighted by molar-refractivity contribution is 6.35. The summed E-state index contributed by atoms with van der Waals surface area (Å²) < 4.78 is 11.3. The minimum absolute atomic E-state index is 0.114. The van der Waals surface area contributed by atoms with Gasteiger partial charge in [-0.2, -0.15) is 0 Å². The van der Waals surface area contributed by atoms with Gasteiger partial charge in [0.1, 0.15) is 6.61 Å². The zero-order chi connectivity index (χ0) is 24.9. The quantitative estimate of drug-likeness (QED) is 0.361. The van der Waals surface area contributed by atoms with Gasteiger partial charge in [0.2, 0.25) is 11.8 Å². The Kier molecular flexibility index (Phi) is 7.90. The number of rotatable bonds is 8. The predicted molar refractivity (Wildman–Crippen MR) is 137 cm³/mol. The summed E-state index contributed by atoms with van der Waals surface area (Å²) in [7, 11) is 1.52. The van der Waals surface area contributed by atoms with Gasteiger partial charge in [-0.05, 0) is 48.5 Å². The lowest BCUT2D eigenvalue weighted by atomic mass is 10.1. The molecule has 1 aliphatic rings. The van der Waals surface area contributed by atoms with E-state index in [1.807, 2.05) is 0 Å². The maximum Gasteiger partial charge on any atom is 0.243 e. The van der Waals surface area contributed by atoms with E-state index in [0.29, 0.717) is 37.9 Å². The fourth-order valence-corrected chi connectivity index (χ4v) is 4.24. The minimum atomic E-state index is -0.487. The normalized spacial score (nSPS) is 15.1. The van der Waals surface area contributed by atoms with E-state index in [4.69, 9.17) is 44.3 Å². The molecule has 0 saturated carbocycles. The summed E-state index contributed by atoms with van der Waals surface area (Å²) in [5.41, 5.74) is 7.62. The Bertz CT molecular complexity index is 1240. The van der Waals surface area contributed by atoms with Crippen LogP contribution in [0.25, 0.3) is 0 Å². The van der Waals surface area contributed by atoms with E-state index in [-0.39, 0.29) is 31.4 Å². The number of anilines is 2. The van der Waals surface area contributed by atoms with Crippen LogP contribution >= 0.6 is 34.8 Å². The zero-order valence-corrected chi connectivity index (χ0v) is 21.0. The number of nitrogens with zero attached hydrogens (tertiary/aromatic N) is 1. The predicted octanol–water partition coefficient (Wildman–Crippen LogP) is 5.73. The van der Waals surface area contributed by atoms with Crippen LogP contribution in [-0.4, -0.2) is 25.5 Å². The van der Waals surface area contributed by atoms with Crippen LogP contribution in [0.3, 0.4) is 0 Å². The molecule has 1 heterocycles. The molecule has 4 rings (SSSR count). The number of hydrogen-bond donors (Lipinski definition) is 2. The molecule has 7 nitrogen and oxygen atoms in total. The molecule has 35 heavy (non-hydrogen) atoms. The molecule has 0 bridgehead atoms. The summed E-state index contributed by atoms with van der Waals surface area (Å²) in [4.78, 5) is 26.7. The van der Waals surface area contributed by atoms with Crippen molar-refractivity contribution < 1.29 is 19.1 Å². The van der Waals surface area contributed by atoms with E-state index in [1.54, 1.807) is 65.6 Å². The van der Waals surface area contributed by atoms with Crippen LogP contribution in [0.1, 0.15) is 12.0 Å². The van der Waals surface area contributed by atoms with Gasteiger partial charge in [0, 0.05) is 45.4 Å². The number of halogens is 3. The van der Waals surface area contributed by atoms with Crippen LogP contribution < -0.4 is 25.2 Å². The first-order chi connectivity index (χ1) is 16.8. The monoisotopic (exact) mass is 533 g/mol. The molecule has 0 aliphatic carbocycles. The standard InChI is InChI=1S/C25H22Cl3N3O4/c1-34-23-12-19(6-9-22(23)35-14-15-2-3-18(27)11-21(15)28)29-30-25(33)16-10-24(32)31(13-16)20-7-4-17(26)5-8-20/h2-9,11-12,16,29H,10,13-14H2,1H3,(H,30,33)/t16-/m1/s1. The molecule has 3 aromatic carbocycles. The van der Waals surface area contributed by atoms with Crippen molar-refractivity contribution in [1.82, 2.24) is 5.43 Å². The van der Waals surface area contributed by atoms with E-state index >= 15 is 0 Å². The fourth-order valence-electron chi connectivity index (χ4n) is 3.65. The lowest BCUT2D eigenvalue weighted by Crippen LogP contribution is -2.36. The highest BCUT2D eigenvalue weighted by Gasteiger charge is 2.35. The third-order valence-electron chi connectivity index (χ3n) is 5.53. The third kappa shape index (κ3) is 6.11. The average molecular weight is 535 g/mol. The van der Waals surface area contributed by atoms with Gasteiger partial charge in [-0.1, -0.05) is 40.9 Å². The topological polar surface area (TPSA) is 79.9 Å². The number of amides is 2. The van der Waals surface area contributed by atoms with Gasteiger partial charge in [-0.25, -0.2) is 0 Å². The minimum Gasteiger partial charge on any atom is -0.493 e. The van der Waals surface area contributed by atoms with Gasteiger partial charge in [-0.3, -0.25) is 20.4 Å². The molecular formula is C25H22Cl3N3O4. The highest BCUT2D eigenvalue weighted by atomic mass is 35.5. The van der Waals surface area contributed by atoms with Gasteiger partial charge >= 0.3 is 0 Å². The Morgan fingerprint density at radius 2 is 1.74 bits per heavy atom. The summed E-state index contributed by atoms with van der Waals surface area (Å²) in [6.07, 6.45) is 0.125. The summed E-state index contributed by atoms with van der Waals surface area (Å²) >= 11 is 18.1. The zero-order valence-electron chi connectivity index (χ0n) is 18.7. The SMILES string of the molecule is COc1cc(NNC(=O)[C@@H]2CC(=O)N(c3ccc(Cl)cc3)C2)ccc1OCc1ccc(Cl)cc1Cl. The first-order valence-corrected chi connectivity index (χ1v) is 11.8. The van der Waals surface area contributed by atoms with E-state index < -0.39 is 5.92 Å². The van der Waals surface area contributed by atoms with E-state index in [9.17, 15) is 9.59 Å². The van der Waals surface area contributed by atoms with Crippen LogP contribution in [0, 0.1) is 5.92 Å². The molecule has 2 N–H and O–H groups in total. The Labute approximate surface area is 217 Å². The van der Waals surface area contributed by atoms with Crippen molar-refractivity contribution in [2.45, 2.75) is 13.0 Å². The van der Waals surface area contributed by atoms with Crippen molar-refractivity contribution in [2.75, 3.05) is 24.0 Å². The number of methoxy groups -OCH3 is 1. The third-order valence-corrected chi connectivity index (χ3v) is 6.36. The van der Waals surface area contributed by atoms with Gasteiger partial charge in [0.15, 0.2) is 11.5 Å². The highest BCUT2D eigenvalue weighted by Crippen LogP contribution is 2.32. The number of benzene rings is 3. The molecular weight excluding hydrogens is 513 g/mol. The van der Waals surface area contributed by atoms with Crippen LogP contribution in [0.15, 0.2) is 60.7 Å². The van der Waals surface area contributed by atoms with Crippen molar-refractivity contribution in [1.29, 1.82) is 0 Å². The van der Waals surface area contributed by atoms with E-state index in [2.05, 4.69) is 10.9 Å². The van der Waals surface area contributed by atoms with Crippen LogP contribution in [0.2, 0.25) is 15.1 Å². The first kappa shape index (κ1) is 25.0. The molecule has 0 unspecified atom stereocenters.